The van der Waals surface area contributed by atoms with Gasteiger partial charge in [0.1, 0.15) is 9.79 Å². The molecule has 0 N–H and O–H groups in total. The first kappa shape index (κ1) is 45.0. The molecular weight excluding hydrogens is 669 g/mol. The summed E-state index contributed by atoms with van der Waals surface area (Å²) in [6, 6.07) is 14.6. The van der Waals surface area contributed by atoms with E-state index < -0.39 is 20.0 Å². The van der Waals surface area contributed by atoms with Gasteiger partial charge in [0.15, 0.2) is 0 Å². The van der Waals surface area contributed by atoms with Gasteiger partial charge in [-0.2, -0.15) is 29.7 Å². The van der Waals surface area contributed by atoms with Crippen LogP contribution in [0.5, 0.6) is 0 Å². The van der Waals surface area contributed by atoms with E-state index in [1.165, 1.54) is 20.7 Å². The number of nitrogens with zero attached hydrogens (tertiary/aromatic N) is 6. The van der Waals surface area contributed by atoms with Crippen LogP contribution in [-0.4, -0.2) is 51.6 Å². The highest BCUT2D eigenvalue weighted by atomic mass is 32.2. The van der Waals surface area contributed by atoms with E-state index in [1.807, 2.05) is 0 Å². The molecule has 0 spiro atoms. The molecule has 0 saturated heterocycles. The smallest absolute Gasteiger partial charge is 0.207 e. The summed E-state index contributed by atoms with van der Waals surface area (Å²) in [6.07, 6.45) is 18.6. The Balaban J connectivity index is 3.20. The summed E-state index contributed by atoms with van der Waals surface area (Å²) < 4.78 is 60.2. The first-order valence-electron chi connectivity index (χ1n) is 18.8. The molecule has 0 heterocycles. The van der Waals surface area contributed by atoms with E-state index >= 15 is 0 Å². The van der Waals surface area contributed by atoms with Crippen LogP contribution in [0.3, 0.4) is 0 Å². The van der Waals surface area contributed by atoms with Crippen LogP contribution in [0.1, 0.15) is 154 Å². The summed E-state index contributed by atoms with van der Waals surface area (Å²) in [7, 11) is -8.28. The van der Waals surface area contributed by atoms with Crippen molar-refractivity contribution in [2.24, 2.45) is 0 Å². The predicted octanol–water partition coefficient (Wildman–Crippen LogP) is 9.12. The van der Waals surface area contributed by atoms with E-state index in [2.05, 4.69) is 24.3 Å². The van der Waals surface area contributed by atoms with Gasteiger partial charge in [-0.05, 0) is 63.5 Å². The molecule has 0 aliphatic carbocycles. The number of hydrogen-bond acceptors (Lipinski definition) is 8. The molecule has 0 aliphatic rings. The Labute approximate surface area is 304 Å². The summed E-state index contributed by atoms with van der Waals surface area (Å²) in [5, 5.41) is 35.2. The molecule has 0 aliphatic heterocycles. The summed E-state index contributed by atoms with van der Waals surface area (Å²) >= 11 is 0. The Morgan fingerprint density at radius 3 is 0.840 bits per heavy atom. The molecule has 12 heteroatoms. The van der Waals surface area contributed by atoms with Crippen LogP contribution >= 0.6 is 0 Å². The van der Waals surface area contributed by atoms with Crippen LogP contribution in [0, 0.1) is 45.3 Å². The van der Waals surface area contributed by atoms with Crippen LogP contribution in [-0.2, 0) is 20.0 Å². The second-order valence-corrected chi connectivity index (χ2v) is 16.8. The number of hydrogen-bond donors (Lipinski definition) is 0. The largest absolute Gasteiger partial charge is 0.244 e. The third-order valence-corrected chi connectivity index (χ3v) is 12.9. The van der Waals surface area contributed by atoms with Gasteiger partial charge in [-0.15, -0.1) is 0 Å². The van der Waals surface area contributed by atoms with E-state index in [4.69, 9.17) is 21.0 Å². The standard InChI is InChI=1S/C38H60N6O4S2/c39-29-19-9-1-5-13-23-33-43(34-24-14-6-2-10-20-30-40)49(45,46)37-27-17-18-28-38(37)50(47,48)44(35-25-15-7-3-11-21-31-41)36-26-16-8-4-12-22-32-42/h17-18,27-28H,1-16,19-26,33-36H2. The minimum atomic E-state index is -4.14. The van der Waals surface area contributed by atoms with Crippen molar-refractivity contribution in [2.45, 2.75) is 164 Å². The molecule has 1 aromatic carbocycles. The zero-order chi connectivity index (χ0) is 36.8. The first-order chi connectivity index (χ1) is 24.3. The number of unbranched alkanes of at least 4 members (excludes halogenated alkanes) is 20. The molecular formula is C38H60N6O4S2. The van der Waals surface area contributed by atoms with Gasteiger partial charge >= 0.3 is 0 Å². The van der Waals surface area contributed by atoms with E-state index in [0.29, 0.717) is 77.5 Å². The maximum Gasteiger partial charge on any atom is 0.244 e. The van der Waals surface area contributed by atoms with Gasteiger partial charge < -0.3 is 0 Å². The quantitative estimate of drug-likeness (QED) is 0.0661. The third kappa shape index (κ3) is 18.8. The highest BCUT2D eigenvalue weighted by Gasteiger charge is 2.33. The number of nitriles is 4. The Morgan fingerprint density at radius 2 is 0.600 bits per heavy atom. The van der Waals surface area contributed by atoms with Gasteiger partial charge in [0.25, 0.3) is 0 Å². The average Bonchev–Trinajstić information content (AvgIpc) is 3.11. The van der Waals surface area contributed by atoms with E-state index in [9.17, 15) is 16.8 Å². The molecule has 10 nitrogen and oxygen atoms in total. The number of sulfonamides is 2. The zero-order valence-corrected chi connectivity index (χ0v) is 31.9. The van der Waals surface area contributed by atoms with Crippen LogP contribution < -0.4 is 0 Å². The molecule has 1 rings (SSSR count). The zero-order valence-electron chi connectivity index (χ0n) is 30.2. The predicted molar refractivity (Wildman–Crippen MR) is 197 cm³/mol. The molecule has 50 heavy (non-hydrogen) atoms. The van der Waals surface area contributed by atoms with Crippen molar-refractivity contribution in [2.75, 3.05) is 26.2 Å². The van der Waals surface area contributed by atoms with Crippen molar-refractivity contribution in [1.29, 1.82) is 21.0 Å². The first-order valence-corrected chi connectivity index (χ1v) is 21.7. The van der Waals surface area contributed by atoms with Crippen LogP contribution in [0.15, 0.2) is 34.1 Å². The second kappa shape index (κ2) is 28.7. The summed E-state index contributed by atoms with van der Waals surface area (Å²) in [6.45, 7) is 1.19. The van der Waals surface area contributed by atoms with E-state index in [1.54, 1.807) is 12.1 Å². The number of rotatable bonds is 32. The third-order valence-electron chi connectivity index (χ3n) is 8.87. The molecule has 0 atom stereocenters. The van der Waals surface area contributed by atoms with Gasteiger partial charge in [0.2, 0.25) is 20.0 Å². The second-order valence-electron chi connectivity index (χ2n) is 13.0. The van der Waals surface area contributed by atoms with Crippen LogP contribution in [0.4, 0.5) is 0 Å². The molecule has 0 saturated carbocycles. The van der Waals surface area contributed by atoms with Crippen molar-refractivity contribution >= 4 is 20.0 Å². The molecule has 0 radical (unpaired) electrons. The summed E-state index contributed by atoms with van der Waals surface area (Å²) in [5.41, 5.74) is 0. The normalized spacial score (nSPS) is 11.6. The maximum absolute atomic E-state index is 14.3. The molecule has 0 aromatic heterocycles. The Hall–Kier alpha value is -3.00. The minimum Gasteiger partial charge on any atom is -0.207 e. The van der Waals surface area contributed by atoms with Crippen molar-refractivity contribution in [3.05, 3.63) is 24.3 Å². The van der Waals surface area contributed by atoms with Gasteiger partial charge in [0.05, 0.1) is 24.3 Å². The van der Waals surface area contributed by atoms with Crippen molar-refractivity contribution in [3.8, 4) is 24.3 Å². The van der Waals surface area contributed by atoms with E-state index in [0.717, 1.165) is 103 Å². The number of benzene rings is 1. The van der Waals surface area contributed by atoms with Crippen molar-refractivity contribution < 1.29 is 16.8 Å². The fourth-order valence-electron chi connectivity index (χ4n) is 5.95. The topological polar surface area (TPSA) is 170 Å². The van der Waals surface area contributed by atoms with Gasteiger partial charge in [0, 0.05) is 51.9 Å². The fourth-order valence-corrected chi connectivity index (χ4v) is 9.76. The maximum atomic E-state index is 14.3. The monoisotopic (exact) mass is 728 g/mol. The molecule has 278 valence electrons. The fraction of sp³-hybridized carbons (Fsp3) is 0.737. The Kier molecular flexibility index (Phi) is 25.8. The van der Waals surface area contributed by atoms with Crippen LogP contribution in [0.2, 0.25) is 0 Å². The highest BCUT2D eigenvalue weighted by molar-refractivity contribution is 7.92. The summed E-state index contributed by atoms with van der Waals surface area (Å²) in [5.74, 6) is 0. The Morgan fingerprint density at radius 1 is 0.380 bits per heavy atom. The van der Waals surface area contributed by atoms with Crippen molar-refractivity contribution in [3.63, 3.8) is 0 Å². The van der Waals surface area contributed by atoms with Gasteiger partial charge in [-0.3, -0.25) is 0 Å². The average molecular weight is 729 g/mol. The van der Waals surface area contributed by atoms with Crippen molar-refractivity contribution in [1.82, 2.24) is 8.61 Å². The van der Waals surface area contributed by atoms with Gasteiger partial charge in [-0.25, -0.2) is 16.8 Å². The lowest BCUT2D eigenvalue weighted by atomic mass is 10.1. The SMILES string of the molecule is N#CCCCCCCCN(CCCCCCCC#N)S(=O)(=O)c1ccccc1S(=O)(=O)N(CCCCCCCC#N)CCCCCCCC#N. The lowest BCUT2D eigenvalue weighted by molar-refractivity contribution is 0.377. The van der Waals surface area contributed by atoms with Crippen LogP contribution in [0.25, 0.3) is 0 Å². The molecule has 0 fully saturated rings. The van der Waals surface area contributed by atoms with Gasteiger partial charge in [-0.1, -0.05) is 89.2 Å². The lowest BCUT2D eigenvalue weighted by Crippen LogP contribution is -2.37. The Bertz CT molecular complexity index is 1270. The van der Waals surface area contributed by atoms with E-state index in [-0.39, 0.29) is 9.79 Å². The molecule has 0 bridgehead atoms. The molecule has 1 aromatic rings. The summed E-state index contributed by atoms with van der Waals surface area (Å²) in [4.78, 5) is -0.359. The minimum absolute atomic E-state index is 0.180. The molecule has 0 amide bonds. The molecule has 0 unspecified atom stereocenters. The highest BCUT2D eigenvalue weighted by Crippen LogP contribution is 2.29. The lowest BCUT2D eigenvalue weighted by Gasteiger charge is -2.26.